The maximum absolute atomic E-state index is 8.70. The van der Waals surface area contributed by atoms with E-state index < -0.39 is 0 Å². The van der Waals surface area contributed by atoms with E-state index in [0.29, 0.717) is 12.5 Å². The van der Waals surface area contributed by atoms with E-state index in [0.717, 1.165) is 12.1 Å². The molecule has 0 fully saturated rings. The summed E-state index contributed by atoms with van der Waals surface area (Å²) >= 11 is 0. The average Bonchev–Trinajstić information content (AvgIpc) is 2.39. The maximum atomic E-state index is 8.70. The summed E-state index contributed by atoms with van der Waals surface area (Å²) in [6.45, 7) is 10.2. The Balaban J connectivity index is 2.64. The largest absolute Gasteiger partial charge is 0.395 e. The molecule has 0 aliphatic heterocycles. The molecule has 0 aromatic heterocycles. The van der Waals surface area contributed by atoms with Crippen LogP contribution in [0.2, 0.25) is 0 Å². The van der Waals surface area contributed by atoms with Gasteiger partial charge in [-0.2, -0.15) is 0 Å². The van der Waals surface area contributed by atoms with E-state index in [2.05, 4.69) is 75.7 Å². The summed E-state index contributed by atoms with van der Waals surface area (Å²) in [4.78, 5) is 2.38. The zero-order valence-corrected chi connectivity index (χ0v) is 13.4. The second kappa shape index (κ2) is 7.47. The third kappa shape index (κ3) is 5.36. The summed E-state index contributed by atoms with van der Waals surface area (Å²) in [5.74, 6) is 5.99. The molecule has 0 aliphatic rings. The minimum Gasteiger partial charge on any atom is -0.395 e. The Hall–Kier alpha value is -1.30. The molecule has 0 heterocycles. The molecule has 0 saturated heterocycles. The molecule has 1 aromatic rings. The van der Waals surface area contributed by atoms with E-state index in [1.165, 1.54) is 5.56 Å². The topological polar surface area (TPSA) is 23.5 Å². The summed E-state index contributed by atoms with van der Waals surface area (Å²) in [5, 5.41) is 8.70. The van der Waals surface area contributed by atoms with Gasteiger partial charge in [-0.15, -0.1) is 0 Å². The molecule has 1 aromatic carbocycles. The van der Waals surface area contributed by atoms with Crippen LogP contribution in [0.5, 0.6) is 0 Å². The third-order valence-electron chi connectivity index (χ3n) is 3.77. The van der Waals surface area contributed by atoms with Crippen LogP contribution in [0.15, 0.2) is 24.3 Å². The fraction of sp³-hybridized carbons (Fsp3) is 0.556. The number of hydrogen-bond acceptors (Lipinski definition) is 2. The predicted molar refractivity (Wildman–Crippen MR) is 85.4 cm³/mol. The monoisotopic (exact) mass is 273 g/mol. The quantitative estimate of drug-likeness (QED) is 0.851. The Morgan fingerprint density at radius 1 is 1.20 bits per heavy atom. The average molecular weight is 273 g/mol. The fourth-order valence-corrected chi connectivity index (χ4v) is 2.00. The van der Waals surface area contributed by atoms with Crippen molar-refractivity contribution in [3.05, 3.63) is 35.4 Å². The van der Waals surface area contributed by atoms with Gasteiger partial charge in [-0.05, 0) is 37.1 Å². The van der Waals surface area contributed by atoms with Gasteiger partial charge in [0.2, 0.25) is 0 Å². The van der Waals surface area contributed by atoms with Crippen LogP contribution in [0.25, 0.3) is 0 Å². The second-order valence-corrected chi connectivity index (χ2v) is 6.43. The van der Waals surface area contributed by atoms with Crippen molar-refractivity contribution in [2.24, 2.45) is 5.41 Å². The van der Waals surface area contributed by atoms with Crippen LogP contribution < -0.4 is 0 Å². The molecule has 1 N–H and O–H groups in total. The summed E-state index contributed by atoms with van der Waals surface area (Å²) < 4.78 is 0. The van der Waals surface area contributed by atoms with Gasteiger partial charge in [0.15, 0.2) is 0 Å². The van der Waals surface area contributed by atoms with Crippen molar-refractivity contribution in [2.75, 3.05) is 13.7 Å². The van der Waals surface area contributed by atoms with Crippen molar-refractivity contribution >= 4 is 0 Å². The Morgan fingerprint density at radius 3 is 2.30 bits per heavy atom. The van der Waals surface area contributed by atoms with E-state index in [-0.39, 0.29) is 12.0 Å². The fourth-order valence-electron chi connectivity index (χ4n) is 2.00. The van der Waals surface area contributed by atoms with Gasteiger partial charge < -0.3 is 5.11 Å². The van der Waals surface area contributed by atoms with E-state index in [4.69, 9.17) is 5.11 Å². The van der Waals surface area contributed by atoms with E-state index >= 15 is 0 Å². The highest BCUT2D eigenvalue weighted by Gasteiger charge is 2.23. The first-order chi connectivity index (χ1) is 9.34. The van der Waals surface area contributed by atoms with Gasteiger partial charge in [0.25, 0.3) is 0 Å². The Kier molecular flexibility index (Phi) is 6.26. The number of aliphatic hydroxyl groups is 1. The SMILES string of the molecule is CC(N(C)Cc1ccc(C#CCCO)cc1)C(C)(C)C. The molecule has 0 amide bonds. The van der Waals surface area contributed by atoms with Crippen molar-refractivity contribution in [3.63, 3.8) is 0 Å². The molecule has 2 heteroatoms. The molecule has 0 aliphatic carbocycles. The highest BCUT2D eigenvalue weighted by molar-refractivity contribution is 5.36. The molecule has 2 nitrogen and oxygen atoms in total. The number of aliphatic hydroxyl groups excluding tert-OH is 1. The van der Waals surface area contributed by atoms with Crippen LogP contribution in [-0.2, 0) is 6.54 Å². The normalized spacial score (nSPS) is 12.9. The summed E-state index contributed by atoms with van der Waals surface area (Å²) in [5.41, 5.74) is 2.59. The smallest absolute Gasteiger partial charge is 0.0540 e. The first-order valence-electron chi connectivity index (χ1n) is 7.23. The van der Waals surface area contributed by atoms with Crippen LogP contribution in [0.3, 0.4) is 0 Å². The predicted octanol–water partition coefficient (Wildman–Crippen LogP) is 3.29. The van der Waals surface area contributed by atoms with Gasteiger partial charge in [-0.25, -0.2) is 0 Å². The molecule has 1 unspecified atom stereocenters. The molecule has 0 spiro atoms. The molecule has 20 heavy (non-hydrogen) atoms. The Bertz CT molecular complexity index is 459. The molecule has 110 valence electrons. The van der Waals surface area contributed by atoms with Crippen molar-refractivity contribution in [1.29, 1.82) is 0 Å². The summed E-state index contributed by atoms with van der Waals surface area (Å²) in [7, 11) is 2.17. The van der Waals surface area contributed by atoms with Gasteiger partial charge in [0, 0.05) is 24.6 Å². The lowest BCUT2D eigenvalue weighted by atomic mass is 9.87. The van der Waals surface area contributed by atoms with Gasteiger partial charge >= 0.3 is 0 Å². The molecular weight excluding hydrogens is 246 g/mol. The lowest BCUT2D eigenvalue weighted by molar-refractivity contribution is 0.134. The standard InChI is InChI=1S/C18H27NO/c1-15(18(2,3)4)19(5)14-17-11-9-16(10-12-17)8-6-7-13-20/h9-12,15,20H,7,13-14H2,1-5H3. The van der Waals surface area contributed by atoms with Crippen LogP contribution >= 0.6 is 0 Å². The van der Waals surface area contributed by atoms with Gasteiger partial charge in [-0.1, -0.05) is 44.7 Å². The van der Waals surface area contributed by atoms with Crippen LogP contribution in [-0.4, -0.2) is 29.7 Å². The zero-order valence-electron chi connectivity index (χ0n) is 13.4. The van der Waals surface area contributed by atoms with Gasteiger partial charge in [0.05, 0.1) is 6.61 Å². The first-order valence-corrected chi connectivity index (χ1v) is 7.23. The van der Waals surface area contributed by atoms with E-state index in [1.807, 2.05) is 0 Å². The minimum atomic E-state index is 0.126. The lowest BCUT2D eigenvalue weighted by Gasteiger charge is -2.35. The molecule has 0 radical (unpaired) electrons. The van der Waals surface area contributed by atoms with Crippen LogP contribution in [0.4, 0.5) is 0 Å². The highest BCUT2D eigenvalue weighted by atomic mass is 16.2. The molecule has 0 saturated carbocycles. The first kappa shape index (κ1) is 16.8. The Labute approximate surface area is 123 Å². The molecule has 0 bridgehead atoms. The summed E-state index contributed by atoms with van der Waals surface area (Å²) in [6, 6.07) is 8.89. The van der Waals surface area contributed by atoms with Crippen LogP contribution in [0, 0.1) is 17.3 Å². The third-order valence-corrected chi connectivity index (χ3v) is 3.77. The van der Waals surface area contributed by atoms with Crippen molar-refractivity contribution < 1.29 is 5.11 Å². The van der Waals surface area contributed by atoms with E-state index in [1.54, 1.807) is 0 Å². The molecule has 1 atom stereocenters. The van der Waals surface area contributed by atoms with Gasteiger partial charge in [0.1, 0.15) is 0 Å². The van der Waals surface area contributed by atoms with Crippen molar-refractivity contribution in [2.45, 2.75) is 46.7 Å². The van der Waals surface area contributed by atoms with Crippen LogP contribution in [0.1, 0.15) is 45.2 Å². The second-order valence-electron chi connectivity index (χ2n) is 6.43. The molecular formula is C18H27NO. The van der Waals surface area contributed by atoms with Gasteiger partial charge in [-0.3, -0.25) is 4.90 Å². The number of nitrogens with zero attached hydrogens (tertiary/aromatic N) is 1. The zero-order chi connectivity index (χ0) is 15.2. The minimum absolute atomic E-state index is 0.126. The lowest BCUT2D eigenvalue weighted by Crippen LogP contribution is -2.38. The molecule has 1 rings (SSSR count). The van der Waals surface area contributed by atoms with E-state index in [9.17, 15) is 0 Å². The van der Waals surface area contributed by atoms with Crippen molar-refractivity contribution in [3.8, 4) is 11.8 Å². The Morgan fingerprint density at radius 2 is 1.80 bits per heavy atom. The maximum Gasteiger partial charge on any atom is 0.0540 e. The number of benzene rings is 1. The summed E-state index contributed by atoms with van der Waals surface area (Å²) in [6.07, 6.45) is 0.535. The highest BCUT2D eigenvalue weighted by Crippen LogP contribution is 2.24. The number of rotatable bonds is 4. The number of hydrogen-bond donors (Lipinski definition) is 1. The van der Waals surface area contributed by atoms with Crippen molar-refractivity contribution in [1.82, 2.24) is 4.90 Å².